The number of imidazole rings is 1. The molecule has 29 heavy (non-hydrogen) atoms. The summed E-state index contributed by atoms with van der Waals surface area (Å²) in [7, 11) is 2.08. The first-order chi connectivity index (χ1) is 14.0. The summed E-state index contributed by atoms with van der Waals surface area (Å²) in [5.74, 6) is 1.52. The first-order valence-electron chi connectivity index (χ1n) is 10.4. The second-order valence-electron chi connectivity index (χ2n) is 8.06. The normalized spacial score (nSPS) is 13.8. The Morgan fingerprint density at radius 3 is 2.66 bits per heavy atom. The number of carbonyl (C=O) groups is 1. The van der Waals surface area contributed by atoms with Crippen LogP contribution in [0.1, 0.15) is 65.5 Å². The first-order valence-corrected chi connectivity index (χ1v) is 10.4. The van der Waals surface area contributed by atoms with Crippen molar-refractivity contribution in [2.24, 2.45) is 7.05 Å². The molecule has 152 valence electrons. The van der Waals surface area contributed by atoms with Gasteiger partial charge in [0.1, 0.15) is 5.82 Å². The van der Waals surface area contributed by atoms with E-state index in [4.69, 9.17) is 4.98 Å². The van der Waals surface area contributed by atoms with Gasteiger partial charge in [0.05, 0.1) is 36.2 Å². The largest absolute Gasteiger partial charge is 0.334 e. The van der Waals surface area contributed by atoms with Gasteiger partial charge in [0, 0.05) is 31.6 Å². The lowest BCUT2D eigenvalue weighted by atomic mass is 10.1. The summed E-state index contributed by atoms with van der Waals surface area (Å²) < 4.78 is 4.16. The predicted molar refractivity (Wildman–Crippen MR) is 113 cm³/mol. The van der Waals surface area contributed by atoms with Crippen LogP contribution in [0.5, 0.6) is 0 Å². The Bertz CT molecular complexity index is 1020. The van der Waals surface area contributed by atoms with Gasteiger partial charge in [-0.1, -0.05) is 51.1 Å². The molecule has 3 aromatic rings. The van der Waals surface area contributed by atoms with Crippen LogP contribution in [0.25, 0.3) is 0 Å². The molecular formula is C23H29N5O. The summed E-state index contributed by atoms with van der Waals surface area (Å²) in [4.78, 5) is 20.1. The zero-order valence-corrected chi connectivity index (χ0v) is 17.7. The predicted octanol–water partition coefficient (Wildman–Crippen LogP) is 3.55. The van der Waals surface area contributed by atoms with Crippen LogP contribution in [0.3, 0.4) is 0 Å². The molecule has 1 aliphatic rings. The number of rotatable bonds is 5. The van der Waals surface area contributed by atoms with Crippen LogP contribution in [-0.2, 0) is 33.0 Å². The van der Waals surface area contributed by atoms with Gasteiger partial charge < -0.3 is 9.47 Å². The second-order valence-corrected chi connectivity index (χ2v) is 8.06. The summed E-state index contributed by atoms with van der Waals surface area (Å²) in [5, 5.41) is 4.53. The molecule has 0 saturated heterocycles. The van der Waals surface area contributed by atoms with Gasteiger partial charge in [-0.05, 0) is 12.0 Å². The Labute approximate surface area is 172 Å². The highest BCUT2D eigenvalue weighted by molar-refractivity contribution is 5.95. The molecule has 1 amide bonds. The second kappa shape index (κ2) is 7.85. The van der Waals surface area contributed by atoms with Crippen LogP contribution < -0.4 is 0 Å². The van der Waals surface area contributed by atoms with Crippen LogP contribution in [0.4, 0.5) is 0 Å². The van der Waals surface area contributed by atoms with E-state index in [1.165, 1.54) is 11.3 Å². The maximum Gasteiger partial charge on any atom is 0.257 e. The van der Waals surface area contributed by atoms with E-state index in [9.17, 15) is 4.79 Å². The summed E-state index contributed by atoms with van der Waals surface area (Å²) in [5.41, 5.74) is 5.18. The van der Waals surface area contributed by atoms with Gasteiger partial charge >= 0.3 is 0 Å². The van der Waals surface area contributed by atoms with Crippen molar-refractivity contribution in [1.82, 2.24) is 24.2 Å². The smallest absolute Gasteiger partial charge is 0.257 e. The van der Waals surface area contributed by atoms with Crippen LogP contribution in [0.2, 0.25) is 0 Å². The van der Waals surface area contributed by atoms with Crippen molar-refractivity contribution in [3.63, 3.8) is 0 Å². The fourth-order valence-corrected chi connectivity index (χ4v) is 4.26. The highest BCUT2D eigenvalue weighted by Crippen LogP contribution is 2.25. The Morgan fingerprint density at radius 1 is 1.21 bits per heavy atom. The van der Waals surface area contributed by atoms with Crippen molar-refractivity contribution in [2.45, 2.75) is 52.6 Å². The van der Waals surface area contributed by atoms with Gasteiger partial charge in [-0.3, -0.25) is 9.48 Å². The highest BCUT2D eigenvalue weighted by Gasteiger charge is 2.29. The number of carbonyl (C=O) groups excluding carboxylic acids is 1. The third kappa shape index (κ3) is 3.59. The van der Waals surface area contributed by atoms with Gasteiger partial charge in [0.2, 0.25) is 0 Å². The van der Waals surface area contributed by atoms with Gasteiger partial charge in [-0.2, -0.15) is 5.10 Å². The van der Waals surface area contributed by atoms with Gasteiger partial charge in [0.15, 0.2) is 0 Å². The summed E-state index contributed by atoms with van der Waals surface area (Å²) in [6, 6.07) is 10.2. The van der Waals surface area contributed by atoms with Crippen molar-refractivity contribution in [3.8, 4) is 0 Å². The van der Waals surface area contributed by atoms with Crippen molar-refractivity contribution >= 4 is 5.91 Å². The minimum Gasteiger partial charge on any atom is -0.334 e. The van der Waals surface area contributed by atoms with Crippen LogP contribution in [0.15, 0.2) is 36.5 Å². The van der Waals surface area contributed by atoms with E-state index in [-0.39, 0.29) is 5.91 Å². The van der Waals surface area contributed by atoms with Crippen molar-refractivity contribution < 1.29 is 4.79 Å². The zero-order chi connectivity index (χ0) is 20.5. The van der Waals surface area contributed by atoms with E-state index >= 15 is 0 Å². The van der Waals surface area contributed by atoms with E-state index in [0.717, 1.165) is 36.6 Å². The van der Waals surface area contributed by atoms with E-state index in [1.54, 1.807) is 6.20 Å². The maximum atomic E-state index is 13.3. The molecule has 0 aliphatic carbocycles. The van der Waals surface area contributed by atoms with Crippen molar-refractivity contribution in [2.75, 3.05) is 6.54 Å². The summed E-state index contributed by atoms with van der Waals surface area (Å²) in [6.45, 7) is 8.37. The lowest BCUT2D eigenvalue weighted by Gasteiger charge is -2.27. The Kier molecular flexibility index (Phi) is 5.26. The third-order valence-electron chi connectivity index (χ3n) is 5.78. The molecule has 0 radical (unpaired) electrons. The molecule has 6 nitrogen and oxygen atoms in total. The molecule has 0 N–H and O–H groups in total. The summed E-state index contributed by atoms with van der Waals surface area (Å²) in [6.07, 6.45) is 3.35. The Morgan fingerprint density at radius 2 is 1.97 bits per heavy atom. The molecule has 0 bridgehead atoms. The van der Waals surface area contributed by atoms with E-state index in [1.807, 2.05) is 27.8 Å². The minimum absolute atomic E-state index is 0.0589. The molecule has 0 atom stereocenters. The molecule has 0 fully saturated rings. The topological polar surface area (TPSA) is 56.0 Å². The number of amides is 1. The molecule has 6 heteroatoms. The molecule has 3 heterocycles. The molecule has 0 unspecified atom stereocenters. The van der Waals surface area contributed by atoms with Crippen molar-refractivity contribution in [3.05, 3.63) is 70.6 Å². The molecular weight excluding hydrogens is 362 g/mol. The molecule has 0 saturated carbocycles. The Balaban J connectivity index is 1.57. The lowest BCUT2D eigenvalue weighted by molar-refractivity contribution is 0.0730. The third-order valence-corrected chi connectivity index (χ3v) is 5.78. The lowest BCUT2D eigenvalue weighted by Crippen LogP contribution is -2.36. The number of benzene rings is 1. The quantitative estimate of drug-likeness (QED) is 0.668. The molecule has 2 aromatic heterocycles. The Hall–Kier alpha value is -2.89. The molecule has 1 aliphatic heterocycles. The number of hydrogen-bond donors (Lipinski definition) is 0. The van der Waals surface area contributed by atoms with Crippen LogP contribution in [0, 0.1) is 0 Å². The summed E-state index contributed by atoms with van der Waals surface area (Å²) >= 11 is 0. The fraction of sp³-hybridized carbons (Fsp3) is 0.435. The molecule has 1 aromatic carbocycles. The zero-order valence-electron chi connectivity index (χ0n) is 17.7. The minimum atomic E-state index is 0.0589. The van der Waals surface area contributed by atoms with E-state index < -0.39 is 0 Å². The van der Waals surface area contributed by atoms with Crippen molar-refractivity contribution in [1.29, 1.82) is 0 Å². The monoisotopic (exact) mass is 391 g/mol. The first kappa shape index (κ1) is 19.4. The SMILES string of the molecule is CCc1c(C(=O)N2CCc3c(nc(C(C)C)n3C)C2)cnn1Cc1ccccc1. The number of nitrogens with zero attached hydrogens (tertiary/aromatic N) is 5. The highest BCUT2D eigenvalue weighted by atomic mass is 16.2. The van der Waals surface area contributed by atoms with Gasteiger partial charge in [-0.15, -0.1) is 0 Å². The number of hydrogen-bond acceptors (Lipinski definition) is 3. The van der Waals surface area contributed by atoms with Crippen LogP contribution >= 0.6 is 0 Å². The molecule has 0 spiro atoms. The average molecular weight is 392 g/mol. The average Bonchev–Trinajstić information content (AvgIpc) is 3.28. The van der Waals surface area contributed by atoms with E-state index in [2.05, 4.69) is 49.6 Å². The van der Waals surface area contributed by atoms with Gasteiger partial charge in [0.25, 0.3) is 5.91 Å². The fourth-order valence-electron chi connectivity index (χ4n) is 4.26. The molecule has 4 rings (SSSR count). The maximum absolute atomic E-state index is 13.3. The van der Waals surface area contributed by atoms with Gasteiger partial charge in [-0.25, -0.2) is 4.98 Å². The van der Waals surface area contributed by atoms with E-state index in [0.29, 0.717) is 24.6 Å². The standard InChI is InChI=1S/C23H29N5O/c1-5-20-18(13-24-28(20)14-17-9-7-6-8-10-17)23(29)27-12-11-21-19(15-27)25-22(16(2)3)26(21)4/h6-10,13,16H,5,11-12,14-15H2,1-4H3. The number of aromatic nitrogens is 4. The number of fused-ring (bicyclic) bond motifs is 1. The van der Waals surface area contributed by atoms with Crippen LogP contribution in [-0.4, -0.2) is 36.7 Å².